The summed E-state index contributed by atoms with van der Waals surface area (Å²) >= 11 is 0. The van der Waals surface area contributed by atoms with E-state index in [2.05, 4.69) is 42.4 Å². The molecule has 1 aliphatic carbocycles. The molecule has 1 aromatic heterocycles. The predicted molar refractivity (Wildman–Crippen MR) is 120 cm³/mol. The van der Waals surface area contributed by atoms with Gasteiger partial charge in [0.2, 0.25) is 5.56 Å². The number of aryl methyl sites for hydroxylation is 2. The Morgan fingerprint density at radius 2 is 1.83 bits per heavy atom. The van der Waals surface area contributed by atoms with Crippen LogP contribution in [0.2, 0.25) is 0 Å². The number of aromatic hydroxyl groups is 1. The third kappa shape index (κ3) is 3.97. The molecule has 0 saturated carbocycles. The highest BCUT2D eigenvalue weighted by Gasteiger charge is 2.18. The van der Waals surface area contributed by atoms with Gasteiger partial charge in [-0.15, -0.1) is 0 Å². The molecular formula is C24H28N2O4. The molecular weight excluding hydrogens is 380 g/mol. The third-order valence-electron chi connectivity index (χ3n) is 5.72. The highest BCUT2D eigenvalue weighted by atomic mass is 16.3. The highest BCUT2D eigenvalue weighted by molar-refractivity contribution is 5.87. The van der Waals surface area contributed by atoms with Crippen molar-refractivity contribution in [2.75, 3.05) is 6.54 Å². The zero-order valence-electron chi connectivity index (χ0n) is 17.2. The Labute approximate surface area is 175 Å². The minimum absolute atomic E-state index is 0. The molecule has 30 heavy (non-hydrogen) atoms. The number of rotatable bonds is 6. The van der Waals surface area contributed by atoms with Gasteiger partial charge in [-0.25, -0.2) is 0 Å². The Kier molecular flexibility index (Phi) is 6.29. The average molecular weight is 408 g/mol. The largest absolute Gasteiger partial charge is 0.506 e. The van der Waals surface area contributed by atoms with Crippen molar-refractivity contribution in [3.8, 4) is 5.75 Å². The fraction of sp³-hybridized carbons (Fsp3) is 0.292. The van der Waals surface area contributed by atoms with E-state index < -0.39 is 6.10 Å². The van der Waals surface area contributed by atoms with Crippen LogP contribution in [0.1, 0.15) is 47.8 Å². The number of fused-ring (bicyclic) bond motifs is 2. The van der Waals surface area contributed by atoms with Crippen LogP contribution in [0.15, 0.2) is 46.9 Å². The second kappa shape index (κ2) is 8.73. The van der Waals surface area contributed by atoms with Crippen molar-refractivity contribution in [3.63, 3.8) is 0 Å². The number of H-pyrrole nitrogens is 1. The summed E-state index contributed by atoms with van der Waals surface area (Å²) in [5, 5.41) is 24.8. The van der Waals surface area contributed by atoms with Crippen molar-refractivity contribution in [3.05, 3.63) is 80.3 Å². The monoisotopic (exact) mass is 408 g/mol. The standard InChI is InChI=1S/C24H26N2O3.H2O/c1-3-14-9-16-11-18(12-17(16)10-15(14)4-2)25-13-22(28)19-5-7-21(27)24-20(19)6-8-23(29)26-24;/h5-11,22,25,27-28H,3-4,12-13H2,1-2H3,(H,26,29);1H2/t22-;/m0./s1. The van der Waals surface area contributed by atoms with Crippen LogP contribution in [-0.2, 0) is 19.3 Å². The normalized spacial score (nSPS) is 13.5. The first-order valence-electron chi connectivity index (χ1n) is 10.1. The van der Waals surface area contributed by atoms with E-state index in [0.29, 0.717) is 23.0 Å². The van der Waals surface area contributed by atoms with Crippen molar-refractivity contribution in [1.29, 1.82) is 0 Å². The van der Waals surface area contributed by atoms with E-state index in [0.717, 1.165) is 25.0 Å². The Morgan fingerprint density at radius 3 is 2.57 bits per heavy atom. The lowest BCUT2D eigenvalue weighted by atomic mass is 9.97. The molecule has 3 aromatic rings. The maximum atomic E-state index is 11.6. The minimum Gasteiger partial charge on any atom is -0.506 e. The van der Waals surface area contributed by atoms with E-state index in [1.165, 1.54) is 34.4 Å². The topological polar surface area (TPSA) is 117 Å². The Hall–Kier alpha value is -3.09. The van der Waals surface area contributed by atoms with Crippen LogP contribution in [0.4, 0.5) is 0 Å². The Morgan fingerprint density at radius 1 is 1.10 bits per heavy atom. The molecule has 1 aliphatic rings. The fourth-order valence-corrected chi connectivity index (χ4v) is 4.15. The van der Waals surface area contributed by atoms with E-state index in [4.69, 9.17) is 0 Å². The summed E-state index contributed by atoms with van der Waals surface area (Å²) < 4.78 is 0. The molecule has 0 spiro atoms. The van der Waals surface area contributed by atoms with Crippen LogP contribution < -0.4 is 10.9 Å². The van der Waals surface area contributed by atoms with Gasteiger partial charge in [-0.05, 0) is 58.9 Å². The summed E-state index contributed by atoms with van der Waals surface area (Å²) in [6.07, 6.45) is 4.29. The lowest BCUT2D eigenvalue weighted by Gasteiger charge is -2.16. The molecule has 0 amide bonds. The number of aromatic amines is 1. The number of hydrogen-bond donors (Lipinski definition) is 4. The second-order valence-corrected chi connectivity index (χ2v) is 7.56. The van der Waals surface area contributed by atoms with Crippen LogP contribution in [0.25, 0.3) is 17.0 Å². The summed E-state index contributed by atoms with van der Waals surface area (Å²) in [6.45, 7) is 4.72. The molecule has 4 rings (SSSR count). The maximum Gasteiger partial charge on any atom is 0.248 e. The van der Waals surface area contributed by atoms with E-state index in [-0.39, 0.29) is 16.8 Å². The highest BCUT2D eigenvalue weighted by Crippen LogP contribution is 2.30. The summed E-state index contributed by atoms with van der Waals surface area (Å²) in [5.74, 6) is -0.00554. The van der Waals surface area contributed by atoms with Gasteiger partial charge in [0, 0.05) is 30.1 Å². The van der Waals surface area contributed by atoms with Gasteiger partial charge in [0.05, 0.1) is 11.6 Å². The number of pyridine rings is 1. The van der Waals surface area contributed by atoms with Gasteiger partial charge < -0.3 is 26.0 Å². The van der Waals surface area contributed by atoms with Crippen molar-refractivity contribution in [2.45, 2.75) is 39.2 Å². The number of aliphatic hydroxyl groups excluding tert-OH is 1. The molecule has 6 heteroatoms. The maximum absolute atomic E-state index is 11.6. The number of benzene rings is 2. The molecule has 1 heterocycles. The zero-order valence-corrected chi connectivity index (χ0v) is 17.2. The summed E-state index contributed by atoms with van der Waals surface area (Å²) in [5.41, 5.74) is 7.20. The van der Waals surface area contributed by atoms with Crippen LogP contribution in [0.5, 0.6) is 5.75 Å². The zero-order chi connectivity index (χ0) is 20.5. The lowest BCUT2D eigenvalue weighted by molar-refractivity contribution is 0.179. The molecule has 0 radical (unpaired) electrons. The van der Waals surface area contributed by atoms with Crippen molar-refractivity contribution in [1.82, 2.24) is 10.3 Å². The predicted octanol–water partition coefficient (Wildman–Crippen LogP) is 2.75. The van der Waals surface area contributed by atoms with Gasteiger partial charge in [0.25, 0.3) is 0 Å². The van der Waals surface area contributed by atoms with E-state index >= 15 is 0 Å². The Bertz CT molecular complexity index is 1160. The summed E-state index contributed by atoms with van der Waals surface area (Å²) in [7, 11) is 0. The van der Waals surface area contributed by atoms with Gasteiger partial charge >= 0.3 is 0 Å². The second-order valence-electron chi connectivity index (χ2n) is 7.56. The number of phenols is 1. The molecule has 1 atom stereocenters. The smallest absolute Gasteiger partial charge is 0.248 e. The molecule has 0 bridgehead atoms. The summed E-state index contributed by atoms with van der Waals surface area (Å²) in [6, 6.07) is 10.8. The van der Waals surface area contributed by atoms with E-state index in [9.17, 15) is 15.0 Å². The molecule has 6 N–H and O–H groups in total. The number of aliphatic hydroxyl groups is 1. The summed E-state index contributed by atoms with van der Waals surface area (Å²) in [4.78, 5) is 14.2. The molecule has 158 valence electrons. The third-order valence-corrected chi connectivity index (χ3v) is 5.72. The van der Waals surface area contributed by atoms with E-state index in [1.807, 2.05) is 0 Å². The van der Waals surface area contributed by atoms with Crippen LogP contribution >= 0.6 is 0 Å². The molecule has 0 saturated heterocycles. The first-order valence-corrected chi connectivity index (χ1v) is 10.1. The Balaban J connectivity index is 0.00000256. The van der Waals surface area contributed by atoms with Crippen molar-refractivity contribution < 1.29 is 15.7 Å². The van der Waals surface area contributed by atoms with Gasteiger partial charge in [-0.1, -0.05) is 32.0 Å². The van der Waals surface area contributed by atoms with Crippen molar-refractivity contribution in [2.24, 2.45) is 0 Å². The van der Waals surface area contributed by atoms with Gasteiger partial charge in [-0.3, -0.25) is 4.79 Å². The molecule has 0 unspecified atom stereocenters. The van der Waals surface area contributed by atoms with Gasteiger partial charge in [0.15, 0.2) is 0 Å². The number of allylic oxidation sites excluding steroid dienone is 1. The first kappa shape index (κ1) is 21.6. The number of phenolic OH excluding ortho intramolecular Hbond substituents is 1. The van der Waals surface area contributed by atoms with E-state index in [1.54, 1.807) is 12.1 Å². The van der Waals surface area contributed by atoms with Gasteiger partial charge in [0.1, 0.15) is 5.75 Å². The quantitative estimate of drug-likeness (QED) is 0.502. The molecule has 0 aliphatic heterocycles. The van der Waals surface area contributed by atoms with Gasteiger partial charge in [-0.2, -0.15) is 0 Å². The van der Waals surface area contributed by atoms with Crippen molar-refractivity contribution >= 4 is 17.0 Å². The van der Waals surface area contributed by atoms with Crippen LogP contribution in [0, 0.1) is 0 Å². The molecule has 2 aromatic carbocycles. The average Bonchev–Trinajstić information content (AvgIpc) is 3.13. The first-order chi connectivity index (χ1) is 14.0. The number of nitrogens with one attached hydrogen (secondary N) is 2. The number of hydrogen-bond acceptors (Lipinski definition) is 4. The lowest BCUT2D eigenvalue weighted by Crippen LogP contribution is -2.21. The van der Waals surface area contributed by atoms with Crippen LogP contribution in [0.3, 0.4) is 0 Å². The molecule has 0 fully saturated rings. The molecule has 6 nitrogen and oxygen atoms in total. The minimum atomic E-state index is -0.772. The SMILES string of the molecule is CCc1cc2c(cc1CC)CC(NC[C@H](O)c1ccc(O)c3[nH]c(=O)ccc13)=C2.O. The fourth-order valence-electron chi connectivity index (χ4n) is 4.15. The number of aromatic nitrogens is 1. The van der Waals surface area contributed by atoms with Crippen LogP contribution in [-0.4, -0.2) is 27.2 Å².